The number of methoxy groups -OCH3 is 1. The average Bonchev–Trinajstić information content (AvgIpc) is 3.05. The van der Waals surface area contributed by atoms with Crippen molar-refractivity contribution in [3.63, 3.8) is 0 Å². The van der Waals surface area contributed by atoms with E-state index in [9.17, 15) is 9.59 Å². The zero-order chi connectivity index (χ0) is 19.3. The topological polar surface area (TPSA) is 74.3 Å². The van der Waals surface area contributed by atoms with Gasteiger partial charge in [0.25, 0.3) is 5.56 Å². The van der Waals surface area contributed by atoms with E-state index in [1.165, 1.54) is 9.13 Å². The molecule has 1 atom stereocenters. The maximum atomic E-state index is 13.0. The molecule has 4 rings (SSSR count). The van der Waals surface area contributed by atoms with Crippen LogP contribution in [-0.2, 0) is 20.1 Å². The summed E-state index contributed by atoms with van der Waals surface area (Å²) in [5.41, 5.74) is 1.22. The highest BCUT2D eigenvalue weighted by Crippen LogP contribution is 2.34. The average molecular weight is 369 g/mol. The van der Waals surface area contributed by atoms with Gasteiger partial charge in [0, 0.05) is 38.4 Å². The predicted molar refractivity (Wildman–Crippen MR) is 104 cm³/mol. The van der Waals surface area contributed by atoms with Crippen LogP contribution in [0.2, 0.25) is 0 Å². The molecular formula is C19H23N5O3. The molecule has 1 aliphatic rings. The molecule has 0 saturated heterocycles. The van der Waals surface area contributed by atoms with Gasteiger partial charge in [0.15, 0.2) is 11.2 Å². The fraction of sp³-hybridized carbons (Fsp3) is 0.421. The van der Waals surface area contributed by atoms with E-state index in [1.54, 1.807) is 21.1 Å². The molecule has 0 N–H and O–H groups in total. The molecule has 8 heteroatoms. The minimum atomic E-state index is -0.341. The Labute approximate surface area is 156 Å². The Morgan fingerprint density at radius 2 is 2.04 bits per heavy atom. The van der Waals surface area contributed by atoms with Crippen molar-refractivity contribution in [2.75, 3.05) is 18.6 Å². The van der Waals surface area contributed by atoms with Crippen LogP contribution >= 0.6 is 0 Å². The van der Waals surface area contributed by atoms with Gasteiger partial charge in [-0.05, 0) is 25.0 Å². The van der Waals surface area contributed by atoms with Crippen LogP contribution in [0.3, 0.4) is 0 Å². The van der Waals surface area contributed by atoms with Gasteiger partial charge < -0.3 is 14.2 Å². The first-order valence-corrected chi connectivity index (χ1v) is 9.07. The van der Waals surface area contributed by atoms with Gasteiger partial charge in [-0.1, -0.05) is 13.0 Å². The minimum absolute atomic E-state index is 0.283. The van der Waals surface area contributed by atoms with Gasteiger partial charge in [0.1, 0.15) is 5.75 Å². The van der Waals surface area contributed by atoms with E-state index in [0.717, 1.165) is 18.0 Å². The second-order valence-corrected chi connectivity index (χ2v) is 7.00. The molecule has 3 heterocycles. The van der Waals surface area contributed by atoms with Gasteiger partial charge in [0.2, 0.25) is 5.95 Å². The van der Waals surface area contributed by atoms with Crippen molar-refractivity contribution in [2.45, 2.75) is 26.9 Å². The van der Waals surface area contributed by atoms with Crippen LogP contribution in [0, 0.1) is 5.92 Å². The number of benzene rings is 1. The van der Waals surface area contributed by atoms with Gasteiger partial charge in [-0.15, -0.1) is 0 Å². The normalized spacial score (nSPS) is 16.6. The molecule has 0 amide bonds. The standard InChI is InChI=1S/C19H23N5O3/c1-5-22-17(25)15-16(21(3)19(22)26)20-18-23(10-12(2)11-24(15)18)13-7-6-8-14(9-13)27-4/h6-9,12H,5,10-11H2,1-4H3/t12-/m1/s1. The summed E-state index contributed by atoms with van der Waals surface area (Å²) in [6.07, 6.45) is 0. The van der Waals surface area contributed by atoms with Crippen molar-refractivity contribution in [1.29, 1.82) is 0 Å². The maximum absolute atomic E-state index is 13.0. The zero-order valence-corrected chi connectivity index (χ0v) is 16.0. The zero-order valence-electron chi connectivity index (χ0n) is 16.0. The lowest BCUT2D eigenvalue weighted by Gasteiger charge is -2.33. The van der Waals surface area contributed by atoms with Gasteiger partial charge in [-0.2, -0.15) is 4.98 Å². The molecule has 0 fully saturated rings. The van der Waals surface area contributed by atoms with Crippen LogP contribution in [0.1, 0.15) is 13.8 Å². The van der Waals surface area contributed by atoms with E-state index < -0.39 is 0 Å². The highest BCUT2D eigenvalue weighted by molar-refractivity contribution is 5.77. The molecule has 1 aliphatic heterocycles. The number of ether oxygens (including phenoxy) is 1. The fourth-order valence-corrected chi connectivity index (χ4v) is 3.78. The van der Waals surface area contributed by atoms with Crippen LogP contribution in [0.5, 0.6) is 5.75 Å². The second-order valence-electron chi connectivity index (χ2n) is 7.00. The first kappa shape index (κ1) is 17.4. The number of hydrogen-bond acceptors (Lipinski definition) is 5. The van der Waals surface area contributed by atoms with E-state index in [0.29, 0.717) is 36.1 Å². The molecule has 1 aromatic carbocycles. The Morgan fingerprint density at radius 3 is 2.74 bits per heavy atom. The first-order valence-electron chi connectivity index (χ1n) is 9.07. The van der Waals surface area contributed by atoms with E-state index in [1.807, 2.05) is 28.8 Å². The molecule has 3 aromatic rings. The van der Waals surface area contributed by atoms with Gasteiger partial charge >= 0.3 is 5.69 Å². The minimum Gasteiger partial charge on any atom is -0.497 e. The molecular weight excluding hydrogens is 346 g/mol. The summed E-state index contributed by atoms with van der Waals surface area (Å²) in [5, 5.41) is 0. The third-order valence-electron chi connectivity index (χ3n) is 5.12. The van der Waals surface area contributed by atoms with E-state index >= 15 is 0 Å². The molecule has 0 aliphatic carbocycles. The number of anilines is 2. The van der Waals surface area contributed by atoms with Crippen molar-refractivity contribution in [3.05, 3.63) is 45.1 Å². The quantitative estimate of drug-likeness (QED) is 0.703. The molecule has 0 bridgehead atoms. The van der Waals surface area contributed by atoms with Crippen LogP contribution in [0.15, 0.2) is 33.9 Å². The molecule has 0 unspecified atom stereocenters. The molecule has 2 aromatic heterocycles. The number of fused-ring (bicyclic) bond motifs is 3. The fourth-order valence-electron chi connectivity index (χ4n) is 3.78. The molecule has 0 radical (unpaired) electrons. The van der Waals surface area contributed by atoms with Crippen LogP contribution < -0.4 is 20.9 Å². The number of nitrogens with zero attached hydrogens (tertiary/aromatic N) is 5. The SMILES string of the molecule is CCn1c(=O)c2c(nc3n2C[C@H](C)CN3c2cccc(OC)c2)n(C)c1=O. The number of aromatic nitrogens is 4. The van der Waals surface area contributed by atoms with E-state index in [2.05, 4.69) is 11.8 Å². The van der Waals surface area contributed by atoms with Crippen molar-refractivity contribution < 1.29 is 4.74 Å². The summed E-state index contributed by atoms with van der Waals surface area (Å²) < 4.78 is 10.0. The third kappa shape index (κ3) is 2.55. The molecule has 27 heavy (non-hydrogen) atoms. The largest absolute Gasteiger partial charge is 0.497 e. The highest BCUT2D eigenvalue weighted by atomic mass is 16.5. The Balaban J connectivity index is 2.01. The first-order chi connectivity index (χ1) is 13.0. The Kier molecular flexibility index (Phi) is 4.05. The summed E-state index contributed by atoms with van der Waals surface area (Å²) in [7, 11) is 3.30. The Bertz CT molecular complexity index is 1140. The number of rotatable bonds is 3. The van der Waals surface area contributed by atoms with Crippen molar-refractivity contribution in [3.8, 4) is 5.75 Å². The van der Waals surface area contributed by atoms with E-state index in [4.69, 9.17) is 9.72 Å². The summed E-state index contributed by atoms with van der Waals surface area (Å²) in [6, 6.07) is 7.77. The molecule has 8 nitrogen and oxygen atoms in total. The summed E-state index contributed by atoms with van der Waals surface area (Å²) in [5.74, 6) is 1.75. The molecule has 0 spiro atoms. The van der Waals surface area contributed by atoms with Crippen LogP contribution in [0.4, 0.5) is 11.6 Å². The summed E-state index contributed by atoms with van der Waals surface area (Å²) in [4.78, 5) is 32.2. The van der Waals surface area contributed by atoms with Gasteiger partial charge in [0.05, 0.1) is 7.11 Å². The van der Waals surface area contributed by atoms with Crippen LogP contribution in [-0.4, -0.2) is 32.3 Å². The van der Waals surface area contributed by atoms with Crippen molar-refractivity contribution in [2.24, 2.45) is 13.0 Å². The number of hydrogen-bond donors (Lipinski definition) is 0. The Morgan fingerprint density at radius 1 is 1.26 bits per heavy atom. The molecule has 142 valence electrons. The number of imidazole rings is 1. The van der Waals surface area contributed by atoms with Gasteiger partial charge in [-0.25, -0.2) is 4.79 Å². The maximum Gasteiger partial charge on any atom is 0.332 e. The van der Waals surface area contributed by atoms with Crippen molar-refractivity contribution in [1.82, 2.24) is 18.7 Å². The second kappa shape index (κ2) is 6.29. The van der Waals surface area contributed by atoms with Crippen molar-refractivity contribution >= 4 is 22.8 Å². The predicted octanol–water partition coefficient (Wildman–Crippen LogP) is 1.71. The third-order valence-corrected chi connectivity index (χ3v) is 5.12. The van der Waals surface area contributed by atoms with Gasteiger partial charge in [-0.3, -0.25) is 13.9 Å². The lowest BCUT2D eigenvalue weighted by molar-refractivity contribution is 0.414. The van der Waals surface area contributed by atoms with E-state index in [-0.39, 0.29) is 11.2 Å². The summed E-state index contributed by atoms with van der Waals surface area (Å²) in [6.45, 7) is 5.72. The lowest BCUT2D eigenvalue weighted by Crippen LogP contribution is -2.40. The Hall–Kier alpha value is -3.03. The lowest BCUT2D eigenvalue weighted by atomic mass is 10.1. The highest BCUT2D eigenvalue weighted by Gasteiger charge is 2.29. The van der Waals surface area contributed by atoms with Crippen LogP contribution in [0.25, 0.3) is 11.2 Å². The smallest absolute Gasteiger partial charge is 0.332 e. The monoisotopic (exact) mass is 369 g/mol. The summed E-state index contributed by atoms with van der Waals surface area (Å²) >= 11 is 0. The molecule has 0 saturated carbocycles. The number of aryl methyl sites for hydroxylation is 1.